The highest BCUT2D eigenvalue weighted by molar-refractivity contribution is 9.10. The second-order valence-corrected chi connectivity index (χ2v) is 6.19. The summed E-state index contributed by atoms with van der Waals surface area (Å²) < 4.78 is 1.04. The van der Waals surface area contributed by atoms with Crippen LogP contribution >= 0.6 is 15.9 Å². The van der Waals surface area contributed by atoms with Gasteiger partial charge in [0.1, 0.15) is 0 Å². The van der Waals surface area contributed by atoms with Gasteiger partial charge >= 0.3 is 0 Å². The molecule has 2 atom stereocenters. The third-order valence-electron chi connectivity index (χ3n) is 3.94. The predicted octanol–water partition coefficient (Wildman–Crippen LogP) is 3.20. The summed E-state index contributed by atoms with van der Waals surface area (Å²) in [6, 6.07) is 8.20. The summed E-state index contributed by atoms with van der Waals surface area (Å²) in [4.78, 5) is 6.68. The lowest BCUT2D eigenvalue weighted by molar-refractivity contribution is 0.103. The fraction of sp³-hybridized carbons (Fsp3) is 0.400. The van der Waals surface area contributed by atoms with E-state index in [0.29, 0.717) is 12.5 Å². The van der Waals surface area contributed by atoms with Gasteiger partial charge in [-0.25, -0.2) is 0 Å². The summed E-state index contributed by atoms with van der Waals surface area (Å²) in [5, 5.41) is 11.2. The molecule has 1 saturated heterocycles. The number of pyridine rings is 1. The molecule has 19 heavy (non-hydrogen) atoms. The van der Waals surface area contributed by atoms with Gasteiger partial charge in [-0.15, -0.1) is 0 Å². The number of nitrogens with zero attached hydrogens (tertiary/aromatic N) is 2. The maximum atomic E-state index is 10.1. The van der Waals surface area contributed by atoms with Crippen LogP contribution in [0, 0.1) is 5.92 Å². The summed E-state index contributed by atoms with van der Waals surface area (Å²) in [7, 11) is 0. The van der Waals surface area contributed by atoms with Crippen molar-refractivity contribution in [3.05, 3.63) is 34.9 Å². The number of aliphatic hydroxyl groups is 1. The minimum atomic E-state index is -0.243. The zero-order valence-corrected chi connectivity index (χ0v) is 12.5. The number of anilines is 1. The summed E-state index contributed by atoms with van der Waals surface area (Å²) >= 11 is 3.48. The third-order valence-corrected chi connectivity index (χ3v) is 4.43. The number of hydrogen-bond acceptors (Lipinski definition) is 3. The molecule has 3 nitrogen and oxygen atoms in total. The Morgan fingerprint density at radius 3 is 3.00 bits per heavy atom. The molecule has 2 aromatic rings. The predicted molar refractivity (Wildman–Crippen MR) is 81.4 cm³/mol. The van der Waals surface area contributed by atoms with Crippen molar-refractivity contribution in [2.75, 3.05) is 18.0 Å². The lowest BCUT2D eigenvalue weighted by Gasteiger charge is -2.36. The third kappa shape index (κ3) is 2.47. The Balaban J connectivity index is 2.01. The van der Waals surface area contributed by atoms with Gasteiger partial charge in [0.25, 0.3) is 0 Å². The number of hydrogen-bond donors (Lipinski definition) is 1. The van der Waals surface area contributed by atoms with E-state index in [-0.39, 0.29) is 6.10 Å². The zero-order chi connectivity index (χ0) is 13.4. The van der Waals surface area contributed by atoms with Crippen LogP contribution in [0.2, 0.25) is 0 Å². The van der Waals surface area contributed by atoms with Gasteiger partial charge < -0.3 is 10.0 Å². The number of fused-ring (bicyclic) bond motifs is 1. The van der Waals surface area contributed by atoms with Gasteiger partial charge in [0.15, 0.2) is 0 Å². The normalized spacial score (nSPS) is 23.8. The number of aromatic nitrogens is 1. The van der Waals surface area contributed by atoms with Crippen molar-refractivity contribution in [3.8, 4) is 0 Å². The first-order chi connectivity index (χ1) is 9.15. The van der Waals surface area contributed by atoms with Crippen molar-refractivity contribution < 1.29 is 5.11 Å². The molecule has 0 spiro atoms. The van der Waals surface area contributed by atoms with E-state index in [1.165, 1.54) is 5.69 Å². The molecule has 1 N–H and O–H groups in total. The number of benzene rings is 1. The molecule has 1 aromatic carbocycles. The molecule has 4 heteroatoms. The quantitative estimate of drug-likeness (QED) is 0.876. The number of halogens is 1. The van der Waals surface area contributed by atoms with Crippen LogP contribution in [-0.4, -0.2) is 29.3 Å². The standard InChI is InChI=1S/C15H17BrN2O/c1-10-5-7-18(9-15(10)19)14-4-6-17-13-8-11(16)2-3-12(13)14/h2-4,6,8,10,15,19H,5,7,9H2,1H3. The van der Waals surface area contributed by atoms with Gasteiger partial charge in [-0.1, -0.05) is 22.9 Å². The molecular weight excluding hydrogens is 304 g/mol. The van der Waals surface area contributed by atoms with Crippen LogP contribution in [0.5, 0.6) is 0 Å². The highest BCUT2D eigenvalue weighted by Gasteiger charge is 2.25. The van der Waals surface area contributed by atoms with Gasteiger partial charge in [-0.2, -0.15) is 0 Å². The van der Waals surface area contributed by atoms with Gasteiger partial charge in [0.05, 0.1) is 11.6 Å². The van der Waals surface area contributed by atoms with Gasteiger partial charge in [0.2, 0.25) is 0 Å². The highest BCUT2D eigenvalue weighted by atomic mass is 79.9. The maximum absolute atomic E-state index is 10.1. The van der Waals surface area contributed by atoms with Crippen LogP contribution in [0.15, 0.2) is 34.9 Å². The molecule has 0 bridgehead atoms. The number of piperidine rings is 1. The van der Waals surface area contributed by atoms with Crippen LogP contribution < -0.4 is 4.90 Å². The Bertz CT molecular complexity index is 602. The number of β-amino-alcohol motifs (C(OH)–C–C–N with tert-alkyl or cyclic N) is 1. The minimum Gasteiger partial charge on any atom is -0.391 e. The van der Waals surface area contributed by atoms with Crippen molar-refractivity contribution in [3.63, 3.8) is 0 Å². The van der Waals surface area contributed by atoms with Crippen molar-refractivity contribution in [2.45, 2.75) is 19.4 Å². The SMILES string of the molecule is CC1CCN(c2ccnc3cc(Br)ccc23)CC1O. The highest BCUT2D eigenvalue weighted by Crippen LogP contribution is 2.30. The molecule has 2 heterocycles. The Kier molecular flexibility index (Phi) is 3.46. The molecule has 0 aliphatic carbocycles. The van der Waals surface area contributed by atoms with Gasteiger partial charge in [0, 0.05) is 34.8 Å². The summed E-state index contributed by atoms with van der Waals surface area (Å²) in [6.45, 7) is 3.81. The smallest absolute Gasteiger partial charge is 0.0741 e. The first-order valence-corrected chi connectivity index (χ1v) is 7.42. The lowest BCUT2D eigenvalue weighted by atomic mass is 9.95. The fourth-order valence-electron chi connectivity index (χ4n) is 2.65. The molecule has 0 amide bonds. The average molecular weight is 321 g/mol. The molecule has 3 rings (SSSR count). The second-order valence-electron chi connectivity index (χ2n) is 5.27. The molecule has 0 saturated carbocycles. The van der Waals surface area contributed by atoms with Gasteiger partial charge in [-0.3, -0.25) is 4.98 Å². The van der Waals surface area contributed by atoms with Gasteiger partial charge in [-0.05, 0) is 36.6 Å². The summed E-state index contributed by atoms with van der Waals surface area (Å²) in [5.74, 6) is 0.387. The van der Waals surface area contributed by atoms with E-state index >= 15 is 0 Å². The Hall–Kier alpha value is -1.13. The zero-order valence-electron chi connectivity index (χ0n) is 10.9. The van der Waals surface area contributed by atoms with Crippen LogP contribution in [0.1, 0.15) is 13.3 Å². The van der Waals surface area contributed by atoms with E-state index in [0.717, 1.165) is 28.3 Å². The largest absolute Gasteiger partial charge is 0.391 e. The second kappa shape index (κ2) is 5.10. The first kappa shape index (κ1) is 12.9. The first-order valence-electron chi connectivity index (χ1n) is 6.62. The van der Waals surface area contributed by atoms with Crippen LogP contribution in [0.3, 0.4) is 0 Å². The molecule has 1 aliphatic rings. The Morgan fingerprint density at radius 2 is 2.21 bits per heavy atom. The van der Waals surface area contributed by atoms with Crippen LogP contribution in [-0.2, 0) is 0 Å². The Morgan fingerprint density at radius 1 is 1.37 bits per heavy atom. The molecule has 100 valence electrons. The fourth-order valence-corrected chi connectivity index (χ4v) is 3.00. The molecule has 1 aliphatic heterocycles. The van der Waals surface area contributed by atoms with E-state index in [1.807, 2.05) is 24.4 Å². The van der Waals surface area contributed by atoms with E-state index in [9.17, 15) is 5.11 Å². The maximum Gasteiger partial charge on any atom is 0.0741 e. The van der Waals surface area contributed by atoms with Crippen LogP contribution in [0.4, 0.5) is 5.69 Å². The van der Waals surface area contributed by atoms with Crippen molar-refractivity contribution in [2.24, 2.45) is 5.92 Å². The Labute approximate surface area is 121 Å². The lowest BCUT2D eigenvalue weighted by Crippen LogP contribution is -2.43. The van der Waals surface area contributed by atoms with E-state index in [2.05, 4.69) is 38.8 Å². The number of aliphatic hydroxyl groups excluding tert-OH is 1. The van der Waals surface area contributed by atoms with E-state index in [1.54, 1.807) is 0 Å². The topological polar surface area (TPSA) is 36.4 Å². The molecule has 2 unspecified atom stereocenters. The molecule has 1 aromatic heterocycles. The average Bonchev–Trinajstić information content (AvgIpc) is 2.41. The van der Waals surface area contributed by atoms with Crippen molar-refractivity contribution in [1.29, 1.82) is 0 Å². The number of rotatable bonds is 1. The molecule has 0 radical (unpaired) electrons. The van der Waals surface area contributed by atoms with Crippen molar-refractivity contribution >= 4 is 32.5 Å². The van der Waals surface area contributed by atoms with E-state index in [4.69, 9.17) is 0 Å². The molecule has 1 fully saturated rings. The monoisotopic (exact) mass is 320 g/mol. The molecular formula is C15H17BrN2O. The van der Waals surface area contributed by atoms with Crippen molar-refractivity contribution in [1.82, 2.24) is 4.98 Å². The van der Waals surface area contributed by atoms with E-state index < -0.39 is 0 Å². The summed E-state index contributed by atoms with van der Waals surface area (Å²) in [5.41, 5.74) is 2.16. The minimum absolute atomic E-state index is 0.243. The van der Waals surface area contributed by atoms with Crippen LogP contribution in [0.25, 0.3) is 10.9 Å². The summed E-state index contributed by atoms with van der Waals surface area (Å²) in [6.07, 6.45) is 2.63.